The number of alkyl halides is 1. The lowest BCUT2D eigenvalue weighted by atomic mass is 10.2. The molecule has 0 amide bonds. The SMILES string of the molecule is Clc1cc(Cl)cc(Oc2ccc(Br)cc2CBr)c1. The Kier molecular flexibility index (Phi) is 4.96. The summed E-state index contributed by atoms with van der Waals surface area (Å²) in [5, 5.41) is 1.81. The maximum absolute atomic E-state index is 5.93. The van der Waals surface area contributed by atoms with Gasteiger partial charge in [0.25, 0.3) is 0 Å². The molecule has 0 saturated heterocycles. The average molecular weight is 411 g/mol. The van der Waals surface area contributed by atoms with E-state index in [1.165, 1.54) is 0 Å². The molecule has 0 atom stereocenters. The number of hydrogen-bond acceptors (Lipinski definition) is 1. The quantitative estimate of drug-likeness (QED) is 0.529. The fourth-order valence-electron chi connectivity index (χ4n) is 1.47. The Bertz CT molecular complexity index is 553. The van der Waals surface area contributed by atoms with Crippen LogP contribution >= 0.6 is 55.1 Å². The molecule has 0 heterocycles. The van der Waals surface area contributed by atoms with Gasteiger partial charge in [0.2, 0.25) is 0 Å². The summed E-state index contributed by atoms with van der Waals surface area (Å²) >= 11 is 18.7. The molecule has 2 aromatic carbocycles. The third kappa shape index (κ3) is 3.64. The molecule has 18 heavy (non-hydrogen) atoms. The number of rotatable bonds is 3. The minimum Gasteiger partial charge on any atom is -0.457 e. The molecule has 1 nitrogen and oxygen atoms in total. The van der Waals surface area contributed by atoms with Crippen LogP contribution in [-0.2, 0) is 5.33 Å². The highest BCUT2D eigenvalue weighted by Gasteiger charge is 2.06. The van der Waals surface area contributed by atoms with Gasteiger partial charge in [0, 0.05) is 25.4 Å². The van der Waals surface area contributed by atoms with Gasteiger partial charge >= 0.3 is 0 Å². The Morgan fingerprint density at radius 1 is 1.00 bits per heavy atom. The molecular formula is C13H8Br2Cl2O. The zero-order valence-electron chi connectivity index (χ0n) is 9.09. The first kappa shape index (κ1) is 14.2. The Morgan fingerprint density at radius 2 is 1.67 bits per heavy atom. The maximum atomic E-state index is 5.93. The van der Waals surface area contributed by atoms with Crippen molar-refractivity contribution in [3.05, 3.63) is 56.5 Å². The van der Waals surface area contributed by atoms with Crippen molar-refractivity contribution in [1.82, 2.24) is 0 Å². The van der Waals surface area contributed by atoms with Gasteiger partial charge in [-0.1, -0.05) is 55.1 Å². The van der Waals surface area contributed by atoms with Crippen LogP contribution in [0.5, 0.6) is 11.5 Å². The molecule has 2 aromatic rings. The van der Waals surface area contributed by atoms with Gasteiger partial charge < -0.3 is 4.74 Å². The van der Waals surface area contributed by atoms with E-state index in [4.69, 9.17) is 27.9 Å². The summed E-state index contributed by atoms with van der Waals surface area (Å²) in [6.45, 7) is 0. The average Bonchev–Trinajstić information content (AvgIpc) is 2.30. The Balaban J connectivity index is 2.33. The van der Waals surface area contributed by atoms with Crippen LogP contribution in [-0.4, -0.2) is 0 Å². The molecule has 0 aliphatic carbocycles. The second-order valence-corrected chi connectivity index (χ2v) is 5.94. The van der Waals surface area contributed by atoms with Crippen molar-refractivity contribution >= 4 is 55.1 Å². The zero-order valence-corrected chi connectivity index (χ0v) is 13.8. The van der Waals surface area contributed by atoms with Crippen LogP contribution in [0.25, 0.3) is 0 Å². The monoisotopic (exact) mass is 408 g/mol. The summed E-state index contributed by atoms with van der Waals surface area (Å²) < 4.78 is 6.81. The molecule has 0 fully saturated rings. The number of halogens is 4. The molecule has 0 bridgehead atoms. The van der Waals surface area contributed by atoms with Crippen molar-refractivity contribution in [2.24, 2.45) is 0 Å². The lowest BCUT2D eigenvalue weighted by Crippen LogP contribution is -1.89. The highest BCUT2D eigenvalue weighted by molar-refractivity contribution is 9.10. The fraction of sp³-hybridized carbons (Fsp3) is 0.0769. The fourth-order valence-corrected chi connectivity index (χ4v) is 2.82. The van der Waals surface area contributed by atoms with E-state index in [-0.39, 0.29) is 0 Å². The van der Waals surface area contributed by atoms with Crippen molar-refractivity contribution < 1.29 is 4.74 Å². The van der Waals surface area contributed by atoms with Crippen molar-refractivity contribution in [1.29, 1.82) is 0 Å². The third-order valence-corrected chi connectivity index (χ3v) is 3.76. The van der Waals surface area contributed by atoms with Crippen LogP contribution in [0, 0.1) is 0 Å². The summed E-state index contributed by atoms with van der Waals surface area (Å²) in [4.78, 5) is 0. The molecule has 0 aliphatic rings. The smallest absolute Gasteiger partial charge is 0.131 e. The first-order chi connectivity index (χ1) is 8.58. The largest absolute Gasteiger partial charge is 0.457 e. The van der Waals surface area contributed by atoms with Crippen LogP contribution in [0.4, 0.5) is 0 Å². The van der Waals surface area contributed by atoms with Crippen molar-refractivity contribution in [3.63, 3.8) is 0 Å². The second kappa shape index (κ2) is 6.29. The van der Waals surface area contributed by atoms with Crippen molar-refractivity contribution in [2.75, 3.05) is 0 Å². The lowest BCUT2D eigenvalue weighted by molar-refractivity contribution is 0.478. The summed E-state index contributed by atoms with van der Waals surface area (Å²) in [5.74, 6) is 1.39. The highest BCUT2D eigenvalue weighted by atomic mass is 79.9. The van der Waals surface area contributed by atoms with Gasteiger partial charge in [-0.15, -0.1) is 0 Å². The molecular weight excluding hydrogens is 403 g/mol. The Morgan fingerprint density at radius 3 is 2.28 bits per heavy atom. The van der Waals surface area contributed by atoms with Crippen LogP contribution in [0.1, 0.15) is 5.56 Å². The van der Waals surface area contributed by atoms with Gasteiger partial charge in [-0.2, -0.15) is 0 Å². The second-order valence-electron chi connectivity index (χ2n) is 3.59. The predicted molar refractivity (Wildman–Crippen MR) is 83.3 cm³/mol. The molecule has 0 spiro atoms. The van der Waals surface area contributed by atoms with E-state index >= 15 is 0 Å². The van der Waals surface area contributed by atoms with Gasteiger partial charge in [0.15, 0.2) is 0 Å². The van der Waals surface area contributed by atoms with E-state index in [0.29, 0.717) is 21.1 Å². The molecule has 0 radical (unpaired) electrons. The van der Waals surface area contributed by atoms with E-state index in [0.717, 1.165) is 15.8 Å². The van der Waals surface area contributed by atoms with Gasteiger partial charge in [-0.05, 0) is 36.4 Å². The van der Waals surface area contributed by atoms with Gasteiger partial charge in [-0.25, -0.2) is 0 Å². The maximum Gasteiger partial charge on any atom is 0.131 e. The summed E-state index contributed by atoms with van der Waals surface area (Å²) in [6.07, 6.45) is 0. The van der Waals surface area contributed by atoms with E-state index in [9.17, 15) is 0 Å². The minimum atomic E-state index is 0.551. The molecule has 2 rings (SSSR count). The molecule has 0 saturated carbocycles. The number of hydrogen-bond donors (Lipinski definition) is 0. The summed E-state index contributed by atoms with van der Waals surface area (Å²) in [7, 11) is 0. The molecule has 0 aromatic heterocycles. The molecule has 0 unspecified atom stereocenters. The number of ether oxygens (including phenoxy) is 1. The van der Waals surface area contributed by atoms with Gasteiger partial charge in [0.1, 0.15) is 11.5 Å². The molecule has 0 N–H and O–H groups in total. The highest BCUT2D eigenvalue weighted by Crippen LogP contribution is 2.32. The lowest BCUT2D eigenvalue weighted by Gasteiger charge is -2.10. The summed E-state index contributed by atoms with van der Waals surface area (Å²) in [5.41, 5.74) is 1.04. The van der Waals surface area contributed by atoms with E-state index < -0.39 is 0 Å². The van der Waals surface area contributed by atoms with E-state index in [2.05, 4.69) is 31.9 Å². The van der Waals surface area contributed by atoms with E-state index in [1.54, 1.807) is 18.2 Å². The van der Waals surface area contributed by atoms with Gasteiger partial charge in [-0.3, -0.25) is 0 Å². The minimum absolute atomic E-state index is 0.551. The molecule has 5 heteroatoms. The Hall–Kier alpha value is -0.220. The van der Waals surface area contributed by atoms with Crippen molar-refractivity contribution in [3.8, 4) is 11.5 Å². The van der Waals surface area contributed by atoms with Crippen LogP contribution < -0.4 is 4.74 Å². The first-order valence-corrected chi connectivity index (χ1v) is 7.74. The Labute approximate surface area is 132 Å². The van der Waals surface area contributed by atoms with Crippen LogP contribution in [0.2, 0.25) is 10.0 Å². The predicted octanol–water partition coefficient (Wildman–Crippen LogP) is 6.44. The molecule has 0 aliphatic heterocycles. The van der Waals surface area contributed by atoms with Crippen LogP contribution in [0.15, 0.2) is 40.9 Å². The first-order valence-electron chi connectivity index (χ1n) is 5.07. The topological polar surface area (TPSA) is 9.23 Å². The summed E-state index contributed by atoms with van der Waals surface area (Å²) in [6, 6.07) is 10.9. The standard InChI is InChI=1S/C13H8Br2Cl2O/c14-7-8-3-9(15)1-2-13(8)18-12-5-10(16)4-11(17)6-12/h1-6H,7H2. The third-order valence-electron chi connectivity index (χ3n) is 2.23. The van der Waals surface area contributed by atoms with Crippen LogP contribution in [0.3, 0.4) is 0 Å². The van der Waals surface area contributed by atoms with Gasteiger partial charge in [0.05, 0.1) is 0 Å². The normalized spacial score (nSPS) is 10.4. The van der Waals surface area contributed by atoms with E-state index in [1.807, 2.05) is 18.2 Å². The molecule has 94 valence electrons. The van der Waals surface area contributed by atoms with Crippen molar-refractivity contribution in [2.45, 2.75) is 5.33 Å². The zero-order chi connectivity index (χ0) is 13.1. The number of benzene rings is 2.